The van der Waals surface area contributed by atoms with E-state index < -0.39 is 12.0 Å². The van der Waals surface area contributed by atoms with Gasteiger partial charge >= 0.3 is 0 Å². The number of aromatic hydroxyl groups is 1. The Bertz CT molecular complexity index is 582. The number of rotatable bonds is 8. The summed E-state index contributed by atoms with van der Waals surface area (Å²) < 4.78 is 0. The third kappa shape index (κ3) is 9.08. The van der Waals surface area contributed by atoms with E-state index in [4.69, 9.17) is 5.73 Å². The van der Waals surface area contributed by atoms with Gasteiger partial charge < -0.3 is 21.3 Å². The van der Waals surface area contributed by atoms with Gasteiger partial charge in [-0.3, -0.25) is 4.79 Å². The Balaban J connectivity index is 0.00000178. The van der Waals surface area contributed by atoms with E-state index in [9.17, 15) is 15.0 Å². The highest BCUT2D eigenvalue weighted by atomic mass is 16.3. The molecule has 0 saturated heterocycles. The van der Waals surface area contributed by atoms with Crippen LogP contribution in [-0.4, -0.2) is 28.7 Å². The van der Waals surface area contributed by atoms with E-state index in [-0.39, 0.29) is 17.4 Å². The fourth-order valence-electron chi connectivity index (χ4n) is 2.08. The SMILES string of the molecule is C/C=C(\C)CCC(C)NCC(O)c1ccc(O)c(C(N)=O)c1.C=CC. The summed E-state index contributed by atoms with van der Waals surface area (Å²) >= 11 is 0. The van der Waals surface area contributed by atoms with Crippen LogP contribution in [0.1, 0.15) is 62.6 Å². The third-order valence-electron chi connectivity index (χ3n) is 3.79. The second kappa shape index (κ2) is 12.3. The molecule has 5 nitrogen and oxygen atoms in total. The predicted molar refractivity (Wildman–Crippen MR) is 104 cm³/mol. The van der Waals surface area contributed by atoms with Crippen molar-refractivity contribution in [2.24, 2.45) is 5.73 Å². The Kier molecular flexibility index (Phi) is 11.2. The number of hydrogen-bond donors (Lipinski definition) is 4. The van der Waals surface area contributed by atoms with E-state index >= 15 is 0 Å². The molecule has 1 rings (SSSR count). The molecule has 0 fully saturated rings. The first-order valence-electron chi connectivity index (χ1n) is 8.49. The van der Waals surface area contributed by atoms with E-state index in [1.165, 1.54) is 17.7 Å². The van der Waals surface area contributed by atoms with Crippen molar-refractivity contribution in [1.29, 1.82) is 0 Å². The third-order valence-corrected chi connectivity index (χ3v) is 3.79. The Labute approximate surface area is 151 Å². The summed E-state index contributed by atoms with van der Waals surface area (Å²) in [5, 5.41) is 23.0. The highest BCUT2D eigenvalue weighted by Crippen LogP contribution is 2.22. The number of primary amides is 1. The molecule has 0 aromatic heterocycles. The van der Waals surface area contributed by atoms with Crippen LogP contribution in [-0.2, 0) is 0 Å². The van der Waals surface area contributed by atoms with Gasteiger partial charge in [0.15, 0.2) is 0 Å². The van der Waals surface area contributed by atoms with E-state index in [2.05, 4.69) is 31.8 Å². The average Bonchev–Trinajstić information content (AvgIpc) is 2.58. The number of amides is 1. The second-order valence-corrected chi connectivity index (χ2v) is 6.05. The minimum Gasteiger partial charge on any atom is -0.507 e. The number of phenols is 1. The van der Waals surface area contributed by atoms with Crippen molar-refractivity contribution in [3.63, 3.8) is 0 Å². The zero-order valence-electron chi connectivity index (χ0n) is 15.7. The predicted octanol–water partition coefficient (Wildman–Crippen LogP) is 3.44. The number of aliphatic hydroxyl groups excluding tert-OH is 1. The average molecular weight is 348 g/mol. The van der Waals surface area contributed by atoms with Crippen molar-refractivity contribution in [3.05, 3.63) is 53.6 Å². The number of aliphatic hydroxyl groups is 1. The Morgan fingerprint density at radius 2 is 2.00 bits per heavy atom. The first-order chi connectivity index (χ1) is 11.8. The molecule has 2 unspecified atom stereocenters. The molecule has 0 spiro atoms. The smallest absolute Gasteiger partial charge is 0.252 e. The monoisotopic (exact) mass is 348 g/mol. The zero-order valence-corrected chi connectivity index (χ0v) is 15.7. The summed E-state index contributed by atoms with van der Waals surface area (Å²) in [6, 6.07) is 4.66. The standard InChI is InChI=1S/C17H26N2O3.C3H6/c1-4-11(2)5-6-12(3)19-10-16(21)13-7-8-15(20)14(9-13)17(18)22;1-3-2/h4,7-9,12,16,19-21H,5-6,10H2,1-3H3,(H2,18,22);3H,1H2,2H3/b11-4+;. The van der Waals surface area contributed by atoms with Gasteiger partial charge in [-0.1, -0.05) is 23.8 Å². The molecule has 1 amide bonds. The van der Waals surface area contributed by atoms with E-state index in [0.29, 0.717) is 12.1 Å². The second-order valence-electron chi connectivity index (χ2n) is 6.05. The van der Waals surface area contributed by atoms with Crippen LogP contribution in [0.15, 0.2) is 42.5 Å². The van der Waals surface area contributed by atoms with Crippen LogP contribution in [0, 0.1) is 0 Å². The molecule has 140 valence electrons. The van der Waals surface area contributed by atoms with Gasteiger partial charge in [0.05, 0.1) is 11.7 Å². The molecule has 2 atom stereocenters. The van der Waals surface area contributed by atoms with Crippen molar-refractivity contribution >= 4 is 5.91 Å². The summed E-state index contributed by atoms with van der Waals surface area (Å²) in [6.07, 6.45) is 5.10. The van der Waals surface area contributed by atoms with Crippen molar-refractivity contribution in [1.82, 2.24) is 5.32 Å². The van der Waals surface area contributed by atoms with E-state index in [0.717, 1.165) is 12.8 Å². The molecule has 1 aromatic rings. The Morgan fingerprint density at radius 1 is 1.40 bits per heavy atom. The number of carbonyl (C=O) groups is 1. The lowest BCUT2D eigenvalue weighted by Gasteiger charge is -2.18. The largest absolute Gasteiger partial charge is 0.507 e. The molecule has 5 heteroatoms. The van der Waals surface area contributed by atoms with E-state index in [1.807, 2.05) is 13.8 Å². The molecule has 0 heterocycles. The van der Waals surface area contributed by atoms with Gasteiger partial charge in [-0.2, -0.15) is 0 Å². The molecule has 0 aliphatic rings. The van der Waals surface area contributed by atoms with Gasteiger partial charge in [0.25, 0.3) is 5.91 Å². The summed E-state index contributed by atoms with van der Waals surface area (Å²) in [5.74, 6) is -0.888. The summed E-state index contributed by atoms with van der Waals surface area (Å²) in [4.78, 5) is 11.2. The van der Waals surface area contributed by atoms with Gasteiger partial charge in [-0.15, -0.1) is 6.58 Å². The molecule has 0 saturated carbocycles. The van der Waals surface area contributed by atoms with Crippen molar-refractivity contribution in [2.45, 2.75) is 52.7 Å². The number of nitrogens with one attached hydrogen (secondary N) is 1. The van der Waals surface area contributed by atoms with Crippen LogP contribution in [0.25, 0.3) is 0 Å². The van der Waals surface area contributed by atoms with Crippen LogP contribution in [0.2, 0.25) is 0 Å². The van der Waals surface area contributed by atoms with Gasteiger partial charge in [-0.05, 0) is 58.2 Å². The van der Waals surface area contributed by atoms with Crippen LogP contribution >= 0.6 is 0 Å². The lowest BCUT2D eigenvalue weighted by atomic mass is 10.0. The minimum atomic E-state index is -0.760. The molecule has 25 heavy (non-hydrogen) atoms. The minimum absolute atomic E-state index is 0.0216. The number of allylic oxidation sites excluding steroid dienone is 3. The number of carbonyl (C=O) groups excluding carboxylic acids is 1. The molecule has 1 aromatic carbocycles. The quantitative estimate of drug-likeness (QED) is 0.541. The fourth-order valence-corrected chi connectivity index (χ4v) is 2.08. The Morgan fingerprint density at radius 3 is 2.52 bits per heavy atom. The van der Waals surface area contributed by atoms with Crippen molar-refractivity contribution in [2.75, 3.05) is 6.54 Å². The normalized spacial score (nSPS) is 13.4. The van der Waals surface area contributed by atoms with Crippen LogP contribution < -0.4 is 11.1 Å². The van der Waals surface area contributed by atoms with Gasteiger partial charge in [-0.25, -0.2) is 0 Å². The maximum absolute atomic E-state index is 11.2. The summed E-state index contributed by atoms with van der Waals surface area (Å²) in [5.41, 5.74) is 7.10. The molecule has 0 aliphatic heterocycles. The topological polar surface area (TPSA) is 95.6 Å². The first-order valence-corrected chi connectivity index (χ1v) is 8.49. The maximum Gasteiger partial charge on any atom is 0.252 e. The Hall–Kier alpha value is -2.11. The number of hydrogen-bond acceptors (Lipinski definition) is 4. The number of benzene rings is 1. The van der Waals surface area contributed by atoms with Gasteiger partial charge in [0, 0.05) is 12.6 Å². The highest BCUT2D eigenvalue weighted by molar-refractivity contribution is 5.95. The van der Waals surface area contributed by atoms with Crippen molar-refractivity contribution in [3.8, 4) is 5.75 Å². The molecule has 0 aliphatic carbocycles. The van der Waals surface area contributed by atoms with E-state index in [1.54, 1.807) is 12.1 Å². The molecule has 0 radical (unpaired) electrons. The first kappa shape index (κ1) is 22.9. The number of nitrogens with two attached hydrogens (primary N) is 1. The fraction of sp³-hybridized carbons (Fsp3) is 0.450. The molecular formula is C20H32N2O3. The molecule has 5 N–H and O–H groups in total. The summed E-state index contributed by atoms with van der Waals surface area (Å²) in [7, 11) is 0. The van der Waals surface area contributed by atoms with Gasteiger partial charge in [0.1, 0.15) is 5.75 Å². The van der Waals surface area contributed by atoms with Crippen molar-refractivity contribution < 1.29 is 15.0 Å². The van der Waals surface area contributed by atoms with Crippen LogP contribution in [0.3, 0.4) is 0 Å². The lowest BCUT2D eigenvalue weighted by molar-refractivity contribution is 0.0997. The van der Waals surface area contributed by atoms with Gasteiger partial charge in [0.2, 0.25) is 0 Å². The highest BCUT2D eigenvalue weighted by Gasteiger charge is 2.14. The van der Waals surface area contributed by atoms with Crippen LogP contribution in [0.4, 0.5) is 0 Å². The summed E-state index contributed by atoms with van der Waals surface area (Å²) in [6.45, 7) is 11.8. The maximum atomic E-state index is 11.2. The zero-order chi connectivity index (χ0) is 19.4. The molecular weight excluding hydrogens is 316 g/mol. The van der Waals surface area contributed by atoms with Crippen LogP contribution in [0.5, 0.6) is 5.75 Å². The molecule has 0 bridgehead atoms. The lowest BCUT2D eigenvalue weighted by Crippen LogP contribution is -2.30.